The summed E-state index contributed by atoms with van der Waals surface area (Å²) in [5, 5.41) is 4.67. The summed E-state index contributed by atoms with van der Waals surface area (Å²) < 4.78 is 10.4. The largest absolute Gasteiger partial charge is 0.493 e. The van der Waals surface area contributed by atoms with E-state index in [9.17, 15) is 4.79 Å². The van der Waals surface area contributed by atoms with Gasteiger partial charge in [0.1, 0.15) is 0 Å². The molecule has 2 rings (SSSR count). The molecule has 0 aliphatic rings. The van der Waals surface area contributed by atoms with Crippen molar-refractivity contribution in [3.8, 4) is 11.5 Å². The molecule has 0 unspecified atom stereocenters. The Morgan fingerprint density at radius 3 is 2.68 bits per heavy atom. The number of carbonyl (C=O) groups is 1. The van der Waals surface area contributed by atoms with Gasteiger partial charge >= 0.3 is 0 Å². The van der Waals surface area contributed by atoms with E-state index in [4.69, 9.17) is 21.1 Å². The number of rotatable bonds is 8. The number of methoxy groups -OCH3 is 2. The number of ether oxygens (including phenoxy) is 2. The lowest BCUT2D eigenvalue weighted by molar-refractivity contribution is -0.118. The molecule has 5 nitrogen and oxygen atoms in total. The number of hydrazone groups is 1. The van der Waals surface area contributed by atoms with Crippen molar-refractivity contribution in [3.05, 3.63) is 58.6 Å². The quantitative estimate of drug-likeness (QED) is 0.561. The molecule has 2 aromatic carbocycles. The molecule has 0 aromatic heterocycles. The Morgan fingerprint density at radius 1 is 1.20 bits per heavy atom. The van der Waals surface area contributed by atoms with Crippen LogP contribution in [0.2, 0.25) is 5.02 Å². The minimum atomic E-state index is -0.172. The van der Waals surface area contributed by atoms with Gasteiger partial charge in [-0.15, -0.1) is 11.8 Å². The van der Waals surface area contributed by atoms with Crippen LogP contribution in [0.15, 0.2) is 47.6 Å². The second kappa shape index (κ2) is 9.96. The highest BCUT2D eigenvalue weighted by Gasteiger charge is 2.04. The highest BCUT2D eigenvalue weighted by molar-refractivity contribution is 7.99. The Balaban J connectivity index is 1.79. The number of amides is 1. The molecule has 1 amide bonds. The minimum absolute atomic E-state index is 0.172. The van der Waals surface area contributed by atoms with Gasteiger partial charge < -0.3 is 9.47 Å². The van der Waals surface area contributed by atoms with E-state index in [0.29, 0.717) is 28.0 Å². The van der Waals surface area contributed by atoms with E-state index in [2.05, 4.69) is 10.5 Å². The van der Waals surface area contributed by atoms with Crippen molar-refractivity contribution in [2.45, 2.75) is 5.75 Å². The molecule has 2 aromatic rings. The third-order valence-corrected chi connectivity index (χ3v) is 4.61. The van der Waals surface area contributed by atoms with E-state index in [1.54, 1.807) is 32.6 Å². The van der Waals surface area contributed by atoms with Crippen LogP contribution in [0.5, 0.6) is 11.5 Å². The van der Waals surface area contributed by atoms with Crippen LogP contribution in [0.1, 0.15) is 11.1 Å². The van der Waals surface area contributed by atoms with E-state index in [1.807, 2.05) is 30.3 Å². The van der Waals surface area contributed by atoms with Gasteiger partial charge in [-0.1, -0.05) is 29.8 Å². The molecule has 0 saturated heterocycles. The van der Waals surface area contributed by atoms with Crippen LogP contribution in [-0.2, 0) is 10.5 Å². The molecule has 0 heterocycles. The van der Waals surface area contributed by atoms with E-state index in [1.165, 1.54) is 11.8 Å². The van der Waals surface area contributed by atoms with Crippen molar-refractivity contribution in [2.75, 3.05) is 20.0 Å². The van der Waals surface area contributed by atoms with Gasteiger partial charge in [0.15, 0.2) is 11.5 Å². The summed E-state index contributed by atoms with van der Waals surface area (Å²) in [7, 11) is 3.14. The van der Waals surface area contributed by atoms with Crippen molar-refractivity contribution in [1.29, 1.82) is 0 Å². The van der Waals surface area contributed by atoms with E-state index < -0.39 is 0 Å². The number of hydrogen-bond donors (Lipinski definition) is 1. The molecule has 0 aliphatic heterocycles. The smallest absolute Gasteiger partial charge is 0.250 e. The van der Waals surface area contributed by atoms with Gasteiger partial charge in [-0.05, 0) is 35.4 Å². The fourth-order valence-corrected chi connectivity index (χ4v) is 3.12. The SMILES string of the molecule is COc1ccc(C=NNC(=O)CSCc2ccccc2Cl)cc1OC. The number of nitrogens with zero attached hydrogens (tertiary/aromatic N) is 1. The first-order valence-electron chi connectivity index (χ1n) is 7.49. The number of benzene rings is 2. The normalized spacial score (nSPS) is 10.7. The molecule has 132 valence electrons. The maximum Gasteiger partial charge on any atom is 0.250 e. The highest BCUT2D eigenvalue weighted by atomic mass is 35.5. The molecule has 0 atom stereocenters. The monoisotopic (exact) mass is 378 g/mol. The first-order chi connectivity index (χ1) is 12.1. The number of carbonyl (C=O) groups excluding carboxylic acids is 1. The lowest BCUT2D eigenvalue weighted by Crippen LogP contribution is -2.19. The van der Waals surface area contributed by atoms with Crippen LogP contribution < -0.4 is 14.9 Å². The average molecular weight is 379 g/mol. The minimum Gasteiger partial charge on any atom is -0.493 e. The van der Waals surface area contributed by atoms with Crippen molar-refractivity contribution in [3.63, 3.8) is 0 Å². The topological polar surface area (TPSA) is 59.9 Å². The van der Waals surface area contributed by atoms with Gasteiger partial charge in [0, 0.05) is 10.8 Å². The summed E-state index contributed by atoms with van der Waals surface area (Å²) in [5.74, 6) is 2.04. The molecule has 0 radical (unpaired) electrons. The van der Waals surface area contributed by atoms with Crippen LogP contribution in [0.3, 0.4) is 0 Å². The second-order valence-corrected chi connectivity index (χ2v) is 6.38. The average Bonchev–Trinajstić information content (AvgIpc) is 2.63. The summed E-state index contributed by atoms with van der Waals surface area (Å²) in [6.07, 6.45) is 1.55. The van der Waals surface area contributed by atoms with Gasteiger partial charge in [-0.3, -0.25) is 4.79 Å². The molecule has 0 bridgehead atoms. The summed E-state index contributed by atoms with van der Waals surface area (Å²) in [6.45, 7) is 0. The van der Waals surface area contributed by atoms with E-state index >= 15 is 0 Å². The zero-order valence-electron chi connectivity index (χ0n) is 14.0. The first kappa shape index (κ1) is 19.1. The van der Waals surface area contributed by atoms with Crippen LogP contribution in [0.25, 0.3) is 0 Å². The Morgan fingerprint density at radius 2 is 1.96 bits per heavy atom. The van der Waals surface area contributed by atoms with Crippen molar-refractivity contribution >= 4 is 35.5 Å². The van der Waals surface area contributed by atoms with Crippen molar-refractivity contribution in [1.82, 2.24) is 5.43 Å². The zero-order valence-corrected chi connectivity index (χ0v) is 15.6. The first-order valence-corrected chi connectivity index (χ1v) is 9.02. The maximum absolute atomic E-state index is 11.8. The molecule has 0 aliphatic carbocycles. The van der Waals surface area contributed by atoms with Gasteiger partial charge in [-0.2, -0.15) is 5.10 Å². The zero-order chi connectivity index (χ0) is 18.1. The Bertz CT molecular complexity index is 753. The fraction of sp³-hybridized carbons (Fsp3) is 0.222. The number of nitrogens with one attached hydrogen (secondary N) is 1. The standard InChI is InChI=1S/C18H19ClN2O3S/c1-23-16-8-7-13(9-17(16)24-2)10-20-21-18(22)12-25-11-14-5-3-4-6-15(14)19/h3-10H,11-12H2,1-2H3,(H,21,22). The maximum atomic E-state index is 11.8. The molecule has 0 saturated carbocycles. The summed E-state index contributed by atoms with van der Waals surface area (Å²) in [4.78, 5) is 11.8. The van der Waals surface area contributed by atoms with Crippen LogP contribution in [0.4, 0.5) is 0 Å². The lowest BCUT2D eigenvalue weighted by Gasteiger charge is -2.07. The van der Waals surface area contributed by atoms with Gasteiger partial charge in [0.2, 0.25) is 5.91 Å². The van der Waals surface area contributed by atoms with Crippen LogP contribution >= 0.6 is 23.4 Å². The predicted molar refractivity (Wildman–Crippen MR) is 103 cm³/mol. The van der Waals surface area contributed by atoms with Gasteiger partial charge in [0.25, 0.3) is 0 Å². The number of thioether (sulfide) groups is 1. The lowest BCUT2D eigenvalue weighted by atomic mass is 10.2. The summed E-state index contributed by atoms with van der Waals surface area (Å²) >= 11 is 7.56. The predicted octanol–water partition coefficient (Wildman–Crippen LogP) is 3.74. The fourth-order valence-electron chi connectivity index (χ4n) is 2.01. The molecule has 0 fully saturated rings. The molecular weight excluding hydrogens is 360 g/mol. The summed E-state index contributed by atoms with van der Waals surface area (Å²) in [6, 6.07) is 13.0. The number of halogens is 1. The molecule has 1 N–H and O–H groups in total. The Hall–Kier alpha value is -2.18. The van der Waals surface area contributed by atoms with Crippen LogP contribution in [-0.4, -0.2) is 32.1 Å². The summed E-state index contributed by atoms with van der Waals surface area (Å²) in [5.41, 5.74) is 4.31. The van der Waals surface area contributed by atoms with E-state index in [0.717, 1.165) is 11.1 Å². The number of hydrogen-bond acceptors (Lipinski definition) is 5. The van der Waals surface area contributed by atoms with Crippen molar-refractivity contribution in [2.24, 2.45) is 5.10 Å². The molecule has 0 spiro atoms. The molecule has 25 heavy (non-hydrogen) atoms. The third kappa shape index (κ3) is 5.99. The molecule has 7 heteroatoms. The highest BCUT2D eigenvalue weighted by Crippen LogP contribution is 2.26. The van der Waals surface area contributed by atoms with E-state index in [-0.39, 0.29) is 5.91 Å². The Kier molecular flexibility index (Phi) is 7.63. The Labute approximate surface area is 156 Å². The van der Waals surface area contributed by atoms with Crippen molar-refractivity contribution < 1.29 is 14.3 Å². The second-order valence-electron chi connectivity index (χ2n) is 4.99. The van der Waals surface area contributed by atoms with Crippen LogP contribution in [0, 0.1) is 0 Å². The van der Waals surface area contributed by atoms with Gasteiger partial charge in [-0.25, -0.2) is 5.43 Å². The van der Waals surface area contributed by atoms with Gasteiger partial charge in [0.05, 0.1) is 26.2 Å². The molecular formula is C18H19ClN2O3S. The third-order valence-electron chi connectivity index (χ3n) is 3.26.